The van der Waals surface area contributed by atoms with Crippen molar-refractivity contribution in [3.05, 3.63) is 88.0 Å². The Bertz CT molecular complexity index is 1310. The molecule has 0 saturated heterocycles. The van der Waals surface area contributed by atoms with Crippen LogP contribution >= 0.6 is 22.9 Å². The second kappa shape index (κ2) is 9.16. The number of nitrogens with zero attached hydrogens (tertiary/aromatic N) is 4. The molecule has 1 amide bonds. The van der Waals surface area contributed by atoms with Crippen molar-refractivity contribution < 1.29 is 18.0 Å². The van der Waals surface area contributed by atoms with Gasteiger partial charge in [-0.1, -0.05) is 54.1 Å². The summed E-state index contributed by atoms with van der Waals surface area (Å²) in [6.07, 6.45) is -4.62. The second-order valence-electron chi connectivity index (χ2n) is 6.85. The van der Waals surface area contributed by atoms with Crippen molar-refractivity contribution in [2.24, 2.45) is 5.10 Å². The van der Waals surface area contributed by atoms with Gasteiger partial charge in [0.25, 0.3) is 5.91 Å². The molecular weight excluding hydrogens is 475 g/mol. The molecular formula is C22H15ClF3N5OS. The molecule has 168 valence electrons. The number of halogens is 4. The number of carbonyl (C=O) groups is 1. The van der Waals surface area contributed by atoms with Crippen LogP contribution in [0.5, 0.6) is 0 Å². The van der Waals surface area contributed by atoms with Crippen LogP contribution in [0.15, 0.2) is 71.1 Å². The fourth-order valence-electron chi connectivity index (χ4n) is 2.89. The van der Waals surface area contributed by atoms with Gasteiger partial charge in [0.05, 0.1) is 11.4 Å². The molecule has 0 atom stereocenters. The number of nitrogens with one attached hydrogen (secondary N) is 1. The van der Waals surface area contributed by atoms with E-state index in [2.05, 4.69) is 20.6 Å². The van der Waals surface area contributed by atoms with Crippen molar-refractivity contribution >= 4 is 34.6 Å². The van der Waals surface area contributed by atoms with Crippen LogP contribution in [0, 0.1) is 0 Å². The molecule has 2 heterocycles. The Morgan fingerprint density at radius 1 is 1.12 bits per heavy atom. The molecule has 0 aliphatic rings. The maximum atomic E-state index is 13.3. The molecule has 2 aromatic carbocycles. The van der Waals surface area contributed by atoms with Gasteiger partial charge in [-0.2, -0.15) is 23.4 Å². The number of thiazole rings is 1. The van der Waals surface area contributed by atoms with E-state index in [0.29, 0.717) is 16.3 Å². The SMILES string of the molecule is C/C(=N\NC(=O)c1csc(-n2nc(C(F)(F)F)cc2-c2ccccc2)n1)c1ccc(Cl)cc1. The first-order chi connectivity index (χ1) is 15.7. The van der Waals surface area contributed by atoms with Gasteiger partial charge in [0, 0.05) is 16.0 Å². The Labute approximate surface area is 195 Å². The fourth-order valence-corrected chi connectivity index (χ4v) is 3.79. The minimum atomic E-state index is -4.62. The van der Waals surface area contributed by atoms with Crippen LogP contribution in [0.3, 0.4) is 0 Å². The van der Waals surface area contributed by atoms with Crippen LogP contribution in [0.2, 0.25) is 5.02 Å². The summed E-state index contributed by atoms with van der Waals surface area (Å²) in [6.45, 7) is 1.71. The third-order valence-electron chi connectivity index (χ3n) is 4.56. The van der Waals surface area contributed by atoms with Crippen molar-refractivity contribution in [2.75, 3.05) is 0 Å². The third kappa shape index (κ3) is 5.12. The van der Waals surface area contributed by atoms with Crippen molar-refractivity contribution in [3.63, 3.8) is 0 Å². The van der Waals surface area contributed by atoms with Crippen LogP contribution in [-0.2, 0) is 6.18 Å². The first-order valence-corrected chi connectivity index (χ1v) is 10.8. The van der Waals surface area contributed by atoms with E-state index >= 15 is 0 Å². The van der Waals surface area contributed by atoms with E-state index in [4.69, 9.17) is 11.6 Å². The molecule has 4 aromatic rings. The van der Waals surface area contributed by atoms with Crippen molar-refractivity contribution in [1.29, 1.82) is 0 Å². The number of benzene rings is 2. The fraction of sp³-hybridized carbons (Fsp3) is 0.0909. The summed E-state index contributed by atoms with van der Waals surface area (Å²) in [6, 6.07) is 16.4. The number of aromatic nitrogens is 3. The average molecular weight is 490 g/mol. The summed E-state index contributed by atoms with van der Waals surface area (Å²) in [5.74, 6) is -0.602. The summed E-state index contributed by atoms with van der Waals surface area (Å²) in [7, 11) is 0. The lowest BCUT2D eigenvalue weighted by molar-refractivity contribution is -0.141. The second-order valence-corrected chi connectivity index (χ2v) is 8.12. The Kier molecular flexibility index (Phi) is 6.30. The molecule has 0 radical (unpaired) electrons. The number of hydrogen-bond acceptors (Lipinski definition) is 5. The van der Waals surface area contributed by atoms with E-state index in [-0.39, 0.29) is 16.5 Å². The summed E-state index contributed by atoms with van der Waals surface area (Å²) in [5, 5.41) is 9.87. The topological polar surface area (TPSA) is 72.2 Å². The molecule has 4 rings (SSSR count). The van der Waals surface area contributed by atoms with E-state index in [0.717, 1.165) is 27.6 Å². The van der Waals surface area contributed by atoms with E-state index in [1.165, 1.54) is 5.38 Å². The van der Waals surface area contributed by atoms with E-state index in [9.17, 15) is 18.0 Å². The normalized spacial score (nSPS) is 12.1. The molecule has 0 aliphatic heterocycles. The number of amides is 1. The van der Waals surface area contributed by atoms with Crippen LogP contribution in [-0.4, -0.2) is 26.4 Å². The molecule has 0 unspecified atom stereocenters. The number of carbonyl (C=O) groups excluding carboxylic acids is 1. The number of rotatable bonds is 5. The molecule has 0 fully saturated rings. The average Bonchev–Trinajstić information content (AvgIpc) is 3.46. The first-order valence-electron chi connectivity index (χ1n) is 9.51. The monoisotopic (exact) mass is 489 g/mol. The Balaban J connectivity index is 1.60. The van der Waals surface area contributed by atoms with E-state index < -0.39 is 17.8 Å². The summed E-state index contributed by atoms with van der Waals surface area (Å²) < 4.78 is 41.0. The Morgan fingerprint density at radius 2 is 1.82 bits per heavy atom. The molecule has 11 heteroatoms. The molecule has 2 aromatic heterocycles. The van der Waals surface area contributed by atoms with Gasteiger partial charge in [-0.3, -0.25) is 4.79 Å². The lowest BCUT2D eigenvalue weighted by atomic mass is 10.1. The molecule has 0 aliphatic carbocycles. The third-order valence-corrected chi connectivity index (χ3v) is 5.63. The molecule has 0 saturated carbocycles. The minimum Gasteiger partial charge on any atom is -0.266 e. The zero-order valence-corrected chi connectivity index (χ0v) is 18.5. The highest BCUT2D eigenvalue weighted by Gasteiger charge is 2.35. The Hall–Kier alpha value is -3.50. The molecule has 0 spiro atoms. The predicted octanol–water partition coefficient (Wildman–Crippen LogP) is 5.82. The molecule has 33 heavy (non-hydrogen) atoms. The van der Waals surface area contributed by atoms with Gasteiger partial charge in [0.1, 0.15) is 5.69 Å². The lowest BCUT2D eigenvalue weighted by Gasteiger charge is -2.04. The quantitative estimate of drug-likeness (QED) is 0.283. The van der Waals surface area contributed by atoms with Crippen LogP contribution in [0.4, 0.5) is 13.2 Å². The highest BCUT2D eigenvalue weighted by molar-refractivity contribution is 7.12. The maximum absolute atomic E-state index is 13.3. The highest BCUT2D eigenvalue weighted by Crippen LogP contribution is 2.33. The van der Waals surface area contributed by atoms with Crippen molar-refractivity contribution in [1.82, 2.24) is 20.2 Å². The van der Waals surface area contributed by atoms with Crippen LogP contribution in [0.1, 0.15) is 28.7 Å². The molecule has 0 bridgehead atoms. The van der Waals surface area contributed by atoms with Gasteiger partial charge >= 0.3 is 6.18 Å². The summed E-state index contributed by atoms with van der Waals surface area (Å²) >= 11 is 6.86. The van der Waals surface area contributed by atoms with Crippen molar-refractivity contribution in [3.8, 4) is 16.4 Å². The Morgan fingerprint density at radius 3 is 2.48 bits per heavy atom. The zero-order chi connectivity index (χ0) is 23.6. The van der Waals surface area contributed by atoms with Gasteiger partial charge in [-0.15, -0.1) is 11.3 Å². The number of hydrazone groups is 1. The van der Waals surface area contributed by atoms with Gasteiger partial charge in [0.15, 0.2) is 5.69 Å². The maximum Gasteiger partial charge on any atom is 0.435 e. The smallest absolute Gasteiger partial charge is 0.266 e. The van der Waals surface area contributed by atoms with Crippen LogP contribution in [0.25, 0.3) is 16.4 Å². The summed E-state index contributed by atoms with van der Waals surface area (Å²) in [4.78, 5) is 16.7. The highest BCUT2D eigenvalue weighted by atomic mass is 35.5. The van der Waals surface area contributed by atoms with Crippen molar-refractivity contribution in [2.45, 2.75) is 13.1 Å². The van der Waals surface area contributed by atoms with Crippen LogP contribution < -0.4 is 5.43 Å². The van der Waals surface area contributed by atoms with Gasteiger partial charge in [0.2, 0.25) is 5.13 Å². The van der Waals surface area contributed by atoms with E-state index in [1.54, 1.807) is 61.5 Å². The van der Waals surface area contributed by atoms with Gasteiger partial charge < -0.3 is 0 Å². The summed E-state index contributed by atoms with van der Waals surface area (Å²) in [5.41, 5.74) is 3.41. The van der Waals surface area contributed by atoms with E-state index in [1.807, 2.05) is 0 Å². The minimum absolute atomic E-state index is 0.00530. The molecule has 1 N–H and O–H groups in total. The predicted molar refractivity (Wildman–Crippen MR) is 121 cm³/mol. The first kappa shape index (κ1) is 22.7. The largest absolute Gasteiger partial charge is 0.435 e. The number of alkyl halides is 3. The lowest BCUT2D eigenvalue weighted by Crippen LogP contribution is -2.20. The zero-order valence-electron chi connectivity index (χ0n) is 17.0. The van der Waals surface area contributed by atoms with Gasteiger partial charge in [-0.25, -0.2) is 15.1 Å². The van der Waals surface area contributed by atoms with Gasteiger partial charge in [-0.05, 0) is 30.7 Å². The standard InChI is InChI=1S/C22H15ClF3N5OS/c1-13(14-7-9-16(23)10-8-14)28-29-20(32)17-12-33-21(27-17)31-18(15-5-3-2-4-6-15)11-19(30-31)22(24,25)26/h2-12H,1H3,(H,29,32)/b28-13+. The number of hydrogen-bond donors (Lipinski definition) is 1. The molecule has 6 nitrogen and oxygen atoms in total.